The van der Waals surface area contributed by atoms with Crippen molar-refractivity contribution in [3.05, 3.63) is 63.6 Å². The summed E-state index contributed by atoms with van der Waals surface area (Å²) in [4.78, 5) is 29.8. The molecular formula is C27H30Cl3N3O2. The van der Waals surface area contributed by atoms with E-state index < -0.39 is 0 Å². The maximum Gasteiger partial charge on any atom is 0.322 e. The van der Waals surface area contributed by atoms with Gasteiger partial charge in [-0.3, -0.25) is 4.79 Å². The van der Waals surface area contributed by atoms with Crippen molar-refractivity contribution in [2.45, 2.75) is 44.7 Å². The molecule has 0 bridgehead atoms. The quantitative estimate of drug-likeness (QED) is 0.222. The zero-order chi connectivity index (χ0) is 25.2. The summed E-state index contributed by atoms with van der Waals surface area (Å²) in [6.45, 7) is 3.16. The van der Waals surface area contributed by atoms with Crippen LogP contribution in [-0.4, -0.2) is 53.2 Å². The minimum atomic E-state index is -0.215. The molecule has 8 heteroatoms. The molecule has 2 amide bonds. The molecule has 186 valence electrons. The Labute approximate surface area is 222 Å². The normalized spacial score (nSPS) is 14.3. The van der Waals surface area contributed by atoms with Gasteiger partial charge in [0.05, 0.1) is 15.9 Å². The number of piperidine rings is 1. The first kappa shape index (κ1) is 27.4. The number of benzene rings is 2. The summed E-state index contributed by atoms with van der Waals surface area (Å²) in [6, 6.07) is 12.6. The SMILES string of the molecule is C#CCCCN1CCC(N(Cc2ccccc2CC(=O)CCl)C(=O)Nc2ccc(Cl)c(Cl)c2)CC1. The molecule has 2 aromatic rings. The third kappa shape index (κ3) is 8.15. The van der Waals surface area contributed by atoms with Crippen molar-refractivity contribution < 1.29 is 9.59 Å². The molecule has 1 N–H and O–H groups in total. The molecule has 1 fully saturated rings. The van der Waals surface area contributed by atoms with E-state index in [1.165, 1.54) is 0 Å². The number of ketones is 1. The van der Waals surface area contributed by atoms with Crippen LogP contribution in [0, 0.1) is 12.3 Å². The average molecular weight is 535 g/mol. The number of anilines is 1. The van der Waals surface area contributed by atoms with Crippen LogP contribution in [-0.2, 0) is 17.8 Å². The molecule has 35 heavy (non-hydrogen) atoms. The smallest absolute Gasteiger partial charge is 0.317 e. The standard InChI is InChI=1S/C27H30Cl3N3O2/c1-2-3-6-13-32-14-11-23(12-15-32)33(27(35)31-22-9-10-25(29)26(30)17-22)19-21-8-5-4-7-20(21)16-24(34)18-28/h1,4-5,7-10,17,23H,3,6,11-16,18-19H2,(H,31,35). The molecule has 0 aromatic heterocycles. The molecule has 2 aromatic carbocycles. The van der Waals surface area contributed by atoms with Crippen molar-refractivity contribution in [2.75, 3.05) is 30.8 Å². The summed E-state index contributed by atoms with van der Waals surface area (Å²) < 4.78 is 0. The van der Waals surface area contributed by atoms with E-state index in [-0.39, 0.29) is 30.2 Å². The molecule has 5 nitrogen and oxygen atoms in total. The van der Waals surface area contributed by atoms with E-state index in [0.717, 1.165) is 56.4 Å². The van der Waals surface area contributed by atoms with Crippen LogP contribution >= 0.6 is 34.8 Å². The van der Waals surface area contributed by atoms with Crippen LogP contribution in [0.1, 0.15) is 36.8 Å². The number of hydrogen-bond acceptors (Lipinski definition) is 3. The molecular weight excluding hydrogens is 505 g/mol. The van der Waals surface area contributed by atoms with Crippen molar-refractivity contribution in [3.63, 3.8) is 0 Å². The molecule has 1 heterocycles. The molecule has 0 atom stereocenters. The summed E-state index contributed by atoms with van der Waals surface area (Å²) in [5, 5.41) is 3.78. The third-order valence-corrected chi connectivity index (χ3v) is 7.26. The van der Waals surface area contributed by atoms with Gasteiger partial charge in [-0.2, -0.15) is 0 Å². The van der Waals surface area contributed by atoms with Crippen LogP contribution in [0.3, 0.4) is 0 Å². The molecule has 0 radical (unpaired) electrons. The van der Waals surface area contributed by atoms with E-state index in [4.69, 9.17) is 41.2 Å². The third-order valence-electron chi connectivity index (χ3n) is 6.22. The second-order valence-corrected chi connectivity index (χ2v) is 9.77. The zero-order valence-electron chi connectivity index (χ0n) is 19.6. The van der Waals surface area contributed by atoms with Crippen molar-refractivity contribution in [1.29, 1.82) is 0 Å². The van der Waals surface area contributed by atoms with Crippen molar-refractivity contribution in [1.82, 2.24) is 9.80 Å². The molecule has 1 saturated heterocycles. The fourth-order valence-electron chi connectivity index (χ4n) is 4.32. The molecule has 3 rings (SSSR count). The Balaban J connectivity index is 1.78. The Morgan fingerprint density at radius 2 is 1.80 bits per heavy atom. The first-order chi connectivity index (χ1) is 16.9. The molecule has 1 aliphatic heterocycles. The number of terminal acetylenes is 1. The van der Waals surface area contributed by atoms with Crippen LogP contribution in [0.15, 0.2) is 42.5 Å². The van der Waals surface area contributed by atoms with Crippen molar-refractivity contribution >= 4 is 52.3 Å². The predicted octanol–water partition coefficient (Wildman–Crippen LogP) is 6.26. The fourth-order valence-corrected chi connectivity index (χ4v) is 4.72. The number of rotatable bonds is 10. The average Bonchev–Trinajstić information content (AvgIpc) is 2.86. The lowest BCUT2D eigenvalue weighted by molar-refractivity contribution is -0.116. The molecule has 0 saturated carbocycles. The maximum atomic E-state index is 13.5. The van der Waals surface area contributed by atoms with E-state index in [1.807, 2.05) is 29.2 Å². The highest BCUT2D eigenvalue weighted by Gasteiger charge is 2.29. The number of hydrogen-bond donors (Lipinski definition) is 1. The number of halogens is 3. The van der Waals surface area contributed by atoms with Gasteiger partial charge in [0.25, 0.3) is 0 Å². The highest BCUT2D eigenvalue weighted by molar-refractivity contribution is 6.42. The Bertz CT molecular complexity index is 1060. The zero-order valence-corrected chi connectivity index (χ0v) is 21.9. The number of amides is 2. The highest BCUT2D eigenvalue weighted by atomic mass is 35.5. The minimum Gasteiger partial charge on any atom is -0.317 e. The molecule has 1 aliphatic rings. The van der Waals surface area contributed by atoms with Gasteiger partial charge in [-0.25, -0.2) is 4.79 Å². The predicted molar refractivity (Wildman–Crippen MR) is 144 cm³/mol. The van der Waals surface area contributed by atoms with E-state index in [1.54, 1.807) is 18.2 Å². The first-order valence-electron chi connectivity index (χ1n) is 11.7. The number of urea groups is 1. The van der Waals surface area contributed by atoms with Gasteiger partial charge in [-0.15, -0.1) is 23.9 Å². The van der Waals surface area contributed by atoms with Crippen LogP contribution in [0.5, 0.6) is 0 Å². The van der Waals surface area contributed by atoms with Crippen molar-refractivity contribution in [3.8, 4) is 12.3 Å². The summed E-state index contributed by atoms with van der Waals surface area (Å²) in [5.74, 6) is 2.61. The van der Waals surface area contributed by atoms with Crippen LogP contribution in [0.2, 0.25) is 10.0 Å². The van der Waals surface area contributed by atoms with Crippen LogP contribution < -0.4 is 5.32 Å². The number of carbonyl (C=O) groups excluding carboxylic acids is 2. The second-order valence-electron chi connectivity index (χ2n) is 8.69. The van der Waals surface area contributed by atoms with Gasteiger partial charge in [-0.1, -0.05) is 47.5 Å². The number of Topliss-reactive ketones (excluding diaryl/α,β-unsaturated/α-hetero) is 1. The van der Waals surface area contributed by atoms with Crippen molar-refractivity contribution in [2.24, 2.45) is 0 Å². The minimum absolute atomic E-state index is 0.0337. The van der Waals surface area contributed by atoms with Crippen LogP contribution in [0.4, 0.5) is 10.5 Å². The second kappa shape index (κ2) is 13.8. The number of carbonyl (C=O) groups is 2. The monoisotopic (exact) mass is 533 g/mol. The van der Waals surface area contributed by atoms with Gasteiger partial charge in [0.2, 0.25) is 0 Å². The van der Waals surface area contributed by atoms with E-state index >= 15 is 0 Å². The Hall–Kier alpha value is -2.23. The lowest BCUT2D eigenvalue weighted by Gasteiger charge is -2.39. The number of nitrogens with one attached hydrogen (secondary N) is 1. The Morgan fingerprint density at radius 3 is 2.46 bits per heavy atom. The summed E-state index contributed by atoms with van der Waals surface area (Å²) in [6.07, 6.45) is 9.09. The van der Waals surface area contributed by atoms with E-state index in [0.29, 0.717) is 22.3 Å². The van der Waals surface area contributed by atoms with Crippen LogP contribution in [0.25, 0.3) is 0 Å². The summed E-state index contributed by atoms with van der Waals surface area (Å²) >= 11 is 17.9. The number of unbranched alkanes of at least 4 members (excludes halogenated alkanes) is 1. The highest BCUT2D eigenvalue weighted by Crippen LogP contribution is 2.27. The number of likely N-dealkylation sites (tertiary alicyclic amines) is 1. The Morgan fingerprint density at radius 1 is 1.09 bits per heavy atom. The molecule has 0 aliphatic carbocycles. The first-order valence-corrected chi connectivity index (χ1v) is 13.0. The van der Waals surface area contributed by atoms with Gasteiger partial charge < -0.3 is 15.1 Å². The lowest BCUT2D eigenvalue weighted by Crippen LogP contribution is -2.48. The maximum absolute atomic E-state index is 13.5. The van der Waals surface area contributed by atoms with Gasteiger partial charge in [0, 0.05) is 44.2 Å². The summed E-state index contributed by atoms with van der Waals surface area (Å²) in [7, 11) is 0. The summed E-state index contributed by atoms with van der Waals surface area (Å²) in [5.41, 5.74) is 2.40. The van der Waals surface area contributed by atoms with E-state index in [9.17, 15) is 9.59 Å². The van der Waals surface area contributed by atoms with Gasteiger partial charge in [0.15, 0.2) is 5.78 Å². The van der Waals surface area contributed by atoms with Gasteiger partial charge in [-0.05, 0) is 55.1 Å². The number of nitrogens with zero attached hydrogens (tertiary/aromatic N) is 2. The fraction of sp³-hybridized carbons (Fsp3) is 0.407. The largest absolute Gasteiger partial charge is 0.322 e. The van der Waals surface area contributed by atoms with E-state index in [2.05, 4.69) is 16.1 Å². The Kier molecular flexibility index (Phi) is 10.7. The molecule has 0 spiro atoms. The molecule has 0 unspecified atom stereocenters. The van der Waals surface area contributed by atoms with Gasteiger partial charge >= 0.3 is 6.03 Å². The lowest BCUT2D eigenvalue weighted by atomic mass is 9.99. The number of alkyl halides is 1. The topological polar surface area (TPSA) is 52.7 Å². The van der Waals surface area contributed by atoms with Gasteiger partial charge in [0.1, 0.15) is 0 Å².